The molecule has 0 aromatic carbocycles. The van der Waals surface area contributed by atoms with Crippen molar-refractivity contribution in [2.75, 3.05) is 6.54 Å². The lowest BCUT2D eigenvalue weighted by Gasteiger charge is -2.25. The van der Waals surface area contributed by atoms with E-state index in [1.165, 1.54) is 6.92 Å². The number of carbonyl (C=O) groups excluding carboxylic acids is 1. The Morgan fingerprint density at radius 3 is 2.63 bits per heavy atom. The lowest BCUT2D eigenvalue weighted by molar-refractivity contribution is -0.149. The molecule has 0 saturated heterocycles. The van der Waals surface area contributed by atoms with Gasteiger partial charge in [-0.3, -0.25) is 9.59 Å². The molecule has 19 heavy (non-hydrogen) atoms. The van der Waals surface area contributed by atoms with E-state index in [1.54, 1.807) is 0 Å². The molecule has 0 aromatic heterocycles. The summed E-state index contributed by atoms with van der Waals surface area (Å²) in [6, 6.07) is 0.0331. The van der Waals surface area contributed by atoms with Crippen molar-refractivity contribution in [1.82, 2.24) is 5.32 Å². The zero-order valence-corrected chi connectivity index (χ0v) is 11.9. The number of nitrogens with one attached hydrogen (secondary N) is 1. The molecule has 4 N–H and O–H groups in total. The number of carbonyl (C=O) groups is 2. The van der Waals surface area contributed by atoms with E-state index < -0.39 is 11.4 Å². The van der Waals surface area contributed by atoms with E-state index in [0.717, 1.165) is 19.3 Å². The van der Waals surface area contributed by atoms with Crippen LogP contribution in [0.1, 0.15) is 52.4 Å². The minimum atomic E-state index is -0.700. The van der Waals surface area contributed by atoms with Crippen molar-refractivity contribution < 1.29 is 14.7 Å². The minimum absolute atomic E-state index is 0.0176. The van der Waals surface area contributed by atoms with Crippen LogP contribution < -0.4 is 11.1 Å². The largest absolute Gasteiger partial charge is 0.481 e. The van der Waals surface area contributed by atoms with Gasteiger partial charge in [-0.2, -0.15) is 0 Å². The third kappa shape index (κ3) is 4.82. The third-order valence-corrected chi connectivity index (χ3v) is 4.23. The van der Waals surface area contributed by atoms with Crippen LogP contribution in [0.25, 0.3) is 0 Å². The lowest BCUT2D eigenvalue weighted by atomic mass is 9.79. The van der Waals surface area contributed by atoms with Gasteiger partial charge in [0.1, 0.15) is 0 Å². The van der Waals surface area contributed by atoms with E-state index in [0.29, 0.717) is 31.7 Å². The summed E-state index contributed by atoms with van der Waals surface area (Å²) in [5.74, 6) is -0.301. The van der Waals surface area contributed by atoms with Crippen LogP contribution in [0.2, 0.25) is 0 Å². The van der Waals surface area contributed by atoms with E-state index in [9.17, 15) is 14.7 Å². The zero-order chi connectivity index (χ0) is 14.5. The molecule has 0 bridgehead atoms. The highest BCUT2D eigenvalue weighted by atomic mass is 16.4. The molecular weight excluding hydrogens is 244 g/mol. The number of aliphatic carboxylic acids is 1. The SMILES string of the molecule is CC(=O)NCCC(C)CCC1(C(=O)O)CCC(N)C1. The fourth-order valence-electron chi connectivity index (χ4n) is 2.86. The molecule has 1 rings (SSSR count). The van der Waals surface area contributed by atoms with Crippen LogP contribution in [0, 0.1) is 11.3 Å². The van der Waals surface area contributed by atoms with Gasteiger partial charge in [-0.05, 0) is 44.4 Å². The maximum absolute atomic E-state index is 11.5. The van der Waals surface area contributed by atoms with Crippen LogP contribution in [0.5, 0.6) is 0 Å². The van der Waals surface area contributed by atoms with Crippen LogP contribution in [0.15, 0.2) is 0 Å². The predicted molar refractivity (Wildman–Crippen MR) is 73.6 cm³/mol. The van der Waals surface area contributed by atoms with Crippen LogP contribution in [-0.2, 0) is 9.59 Å². The molecule has 3 unspecified atom stereocenters. The van der Waals surface area contributed by atoms with Gasteiger partial charge in [0.15, 0.2) is 0 Å². The molecule has 3 atom stereocenters. The highest BCUT2D eigenvalue weighted by Crippen LogP contribution is 2.42. The Morgan fingerprint density at radius 1 is 1.47 bits per heavy atom. The third-order valence-electron chi connectivity index (χ3n) is 4.23. The summed E-state index contributed by atoms with van der Waals surface area (Å²) in [5, 5.41) is 12.2. The van der Waals surface area contributed by atoms with E-state index in [2.05, 4.69) is 12.2 Å². The average molecular weight is 270 g/mol. The Hall–Kier alpha value is -1.10. The van der Waals surface area contributed by atoms with Crippen LogP contribution in [0.3, 0.4) is 0 Å². The molecule has 1 aliphatic rings. The smallest absolute Gasteiger partial charge is 0.309 e. The molecule has 1 saturated carbocycles. The van der Waals surface area contributed by atoms with Crippen LogP contribution in [0.4, 0.5) is 0 Å². The molecule has 0 aliphatic heterocycles. The first-order chi connectivity index (χ1) is 8.85. The summed E-state index contributed by atoms with van der Waals surface area (Å²) in [7, 11) is 0. The van der Waals surface area contributed by atoms with Crippen LogP contribution in [-0.4, -0.2) is 29.6 Å². The fraction of sp³-hybridized carbons (Fsp3) is 0.857. The molecule has 1 aliphatic carbocycles. The Labute approximate surface area is 114 Å². The Morgan fingerprint density at radius 2 is 2.16 bits per heavy atom. The van der Waals surface area contributed by atoms with Gasteiger partial charge in [0.2, 0.25) is 5.91 Å². The predicted octanol–water partition coefficient (Wildman–Crippen LogP) is 1.51. The number of amides is 1. The van der Waals surface area contributed by atoms with Crippen molar-refractivity contribution in [3.8, 4) is 0 Å². The number of rotatable bonds is 7. The number of carboxylic acid groups (broad SMARTS) is 1. The van der Waals surface area contributed by atoms with Crippen molar-refractivity contribution in [3.05, 3.63) is 0 Å². The van der Waals surface area contributed by atoms with Gasteiger partial charge in [0, 0.05) is 19.5 Å². The number of nitrogens with two attached hydrogens (primary N) is 1. The van der Waals surface area contributed by atoms with Crippen molar-refractivity contribution in [2.45, 2.75) is 58.4 Å². The lowest BCUT2D eigenvalue weighted by Crippen LogP contribution is -2.31. The van der Waals surface area contributed by atoms with Gasteiger partial charge in [-0.1, -0.05) is 6.92 Å². The number of carboxylic acids is 1. The summed E-state index contributed by atoms with van der Waals surface area (Å²) in [4.78, 5) is 22.2. The molecule has 0 aromatic rings. The van der Waals surface area contributed by atoms with Crippen molar-refractivity contribution >= 4 is 11.9 Å². The molecule has 1 fully saturated rings. The van der Waals surface area contributed by atoms with Crippen LogP contribution >= 0.6 is 0 Å². The van der Waals surface area contributed by atoms with Gasteiger partial charge >= 0.3 is 5.97 Å². The molecule has 5 heteroatoms. The van der Waals surface area contributed by atoms with Crippen molar-refractivity contribution in [2.24, 2.45) is 17.1 Å². The van der Waals surface area contributed by atoms with Gasteiger partial charge in [-0.15, -0.1) is 0 Å². The monoisotopic (exact) mass is 270 g/mol. The topological polar surface area (TPSA) is 92.4 Å². The first-order valence-corrected chi connectivity index (χ1v) is 7.09. The van der Waals surface area contributed by atoms with Gasteiger partial charge in [0.05, 0.1) is 5.41 Å². The van der Waals surface area contributed by atoms with E-state index in [1.807, 2.05) is 0 Å². The number of hydrogen-bond acceptors (Lipinski definition) is 3. The van der Waals surface area contributed by atoms with E-state index in [4.69, 9.17) is 5.73 Å². The number of hydrogen-bond donors (Lipinski definition) is 3. The zero-order valence-electron chi connectivity index (χ0n) is 11.9. The first-order valence-electron chi connectivity index (χ1n) is 7.09. The second kappa shape index (κ2) is 6.89. The molecule has 110 valence electrons. The van der Waals surface area contributed by atoms with E-state index in [-0.39, 0.29) is 11.9 Å². The Balaban J connectivity index is 2.36. The second-order valence-electron chi connectivity index (χ2n) is 6.00. The normalized spacial score (nSPS) is 28.1. The summed E-state index contributed by atoms with van der Waals surface area (Å²) < 4.78 is 0. The van der Waals surface area contributed by atoms with Crippen molar-refractivity contribution in [1.29, 1.82) is 0 Å². The highest BCUT2D eigenvalue weighted by molar-refractivity contribution is 5.75. The molecule has 0 radical (unpaired) electrons. The molecule has 0 spiro atoms. The average Bonchev–Trinajstić information content (AvgIpc) is 2.69. The Kier molecular flexibility index (Phi) is 5.79. The maximum Gasteiger partial charge on any atom is 0.309 e. The maximum atomic E-state index is 11.5. The first kappa shape index (κ1) is 16.0. The quantitative estimate of drug-likeness (QED) is 0.654. The molecule has 1 amide bonds. The molecular formula is C14H26N2O3. The minimum Gasteiger partial charge on any atom is -0.481 e. The molecule has 5 nitrogen and oxygen atoms in total. The molecule has 0 heterocycles. The van der Waals surface area contributed by atoms with Crippen molar-refractivity contribution in [3.63, 3.8) is 0 Å². The summed E-state index contributed by atoms with van der Waals surface area (Å²) in [5.41, 5.74) is 5.25. The summed E-state index contributed by atoms with van der Waals surface area (Å²) >= 11 is 0. The summed E-state index contributed by atoms with van der Waals surface area (Å²) in [6.07, 6.45) is 4.56. The highest BCUT2D eigenvalue weighted by Gasteiger charge is 2.43. The Bertz CT molecular complexity index is 333. The summed E-state index contributed by atoms with van der Waals surface area (Å²) in [6.45, 7) is 4.27. The second-order valence-corrected chi connectivity index (χ2v) is 6.00. The van der Waals surface area contributed by atoms with E-state index >= 15 is 0 Å². The van der Waals surface area contributed by atoms with Gasteiger partial charge in [0.25, 0.3) is 0 Å². The van der Waals surface area contributed by atoms with Gasteiger partial charge in [-0.25, -0.2) is 0 Å². The standard InChI is InChI=1S/C14H26N2O3/c1-10(5-8-16-11(2)17)3-6-14(13(18)19)7-4-12(15)9-14/h10,12H,3-9,15H2,1-2H3,(H,16,17)(H,18,19). The fourth-order valence-corrected chi connectivity index (χ4v) is 2.86. The van der Waals surface area contributed by atoms with Gasteiger partial charge < -0.3 is 16.2 Å².